The van der Waals surface area contributed by atoms with Crippen molar-refractivity contribution in [3.05, 3.63) is 59.2 Å². The van der Waals surface area contributed by atoms with Crippen LogP contribution in [0.5, 0.6) is 0 Å². The molecule has 2 aromatic carbocycles. The molecule has 0 aliphatic carbocycles. The summed E-state index contributed by atoms with van der Waals surface area (Å²) in [4.78, 5) is 12.1. The molecule has 0 aliphatic heterocycles. The van der Waals surface area contributed by atoms with Crippen molar-refractivity contribution in [1.29, 1.82) is 16.1 Å². The maximum absolute atomic E-state index is 11.4. The number of nitriles is 1. The molecule has 27 heavy (non-hydrogen) atoms. The number of carbonyl (C=O) groups is 1. The van der Waals surface area contributed by atoms with E-state index in [0.29, 0.717) is 22.6 Å². The fraction of sp³-hybridized carbons (Fsp3) is 0.200. The summed E-state index contributed by atoms with van der Waals surface area (Å²) >= 11 is 4.41. The van der Waals surface area contributed by atoms with Gasteiger partial charge in [0.1, 0.15) is 0 Å². The zero-order chi connectivity index (χ0) is 20.8. The van der Waals surface area contributed by atoms with Gasteiger partial charge in [-0.05, 0) is 55.2 Å². The van der Waals surface area contributed by atoms with Crippen LogP contribution in [-0.2, 0) is 4.79 Å². The maximum atomic E-state index is 11.4. The molecular formula is C20H25N5OS. The normalized spacial score (nSPS) is 10.0. The van der Waals surface area contributed by atoms with Crippen LogP contribution in [0, 0.1) is 22.1 Å². The van der Waals surface area contributed by atoms with Crippen molar-refractivity contribution in [1.82, 2.24) is 0 Å². The number of nitrogens with zero attached hydrogens (tertiary/aromatic N) is 1. The fourth-order valence-electron chi connectivity index (χ4n) is 2.04. The topological polar surface area (TPSA) is 127 Å². The van der Waals surface area contributed by atoms with Crippen molar-refractivity contribution in [3.63, 3.8) is 0 Å². The zero-order valence-electron chi connectivity index (χ0n) is 15.5. The number of thiol groups is 1. The van der Waals surface area contributed by atoms with Gasteiger partial charge >= 0.3 is 0 Å². The molecule has 0 spiro atoms. The summed E-state index contributed by atoms with van der Waals surface area (Å²) in [5.74, 6) is -0.0561. The quantitative estimate of drug-likeness (QED) is 0.402. The Morgan fingerprint density at radius 2 is 1.81 bits per heavy atom. The van der Waals surface area contributed by atoms with Crippen LogP contribution in [-0.4, -0.2) is 18.8 Å². The Labute approximate surface area is 165 Å². The van der Waals surface area contributed by atoms with Crippen molar-refractivity contribution in [2.45, 2.75) is 31.2 Å². The van der Waals surface area contributed by atoms with Crippen molar-refractivity contribution < 1.29 is 4.79 Å². The molecule has 0 heterocycles. The smallest absolute Gasteiger partial charge is 0.224 e. The first-order valence-corrected chi connectivity index (χ1v) is 8.60. The molecule has 7 heteroatoms. The number of rotatable bonds is 4. The Morgan fingerprint density at radius 1 is 1.30 bits per heavy atom. The molecule has 1 atom stereocenters. The first kappa shape index (κ1) is 24.1. The first-order chi connectivity index (χ1) is 13.0. The lowest BCUT2D eigenvalue weighted by Crippen LogP contribution is -2.13. The van der Waals surface area contributed by atoms with E-state index in [4.69, 9.17) is 21.8 Å². The molecule has 0 aliphatic rings. The highest BCUT2D eigenvalue weighted by molar-refractivity contribution is 7.80. The van der Waals surface area contributed by atoms with Gasteiger partial charge in [0.15, 0.2) is 0 Å². The lowest BCUT2D eigenvalue weighted by molar-refractivity contribution is -0.115. The Kier molecular flexibility index (Phi) is 11.8. The molecule has 1 amide bonds. The number of amides is 1. The van der Waals surface area contributed by atoms with Gasteiger partial charge in [0.05, 0.1) is 23.4 Å². The van der Waals surface area contributed by atoms with E-state index in [2.05, 4.69) is 30.7 Å². The van der Waals surface area contributed by atoms with Gasteiger partial charge in [-0.2, -0.15) is 5.26 Å². The highest BCUT2D eigenvalue weighted by Gasteiger charge is 2.11. The van der Waals surface area contributed by atoms with Crippen LogP contribution in [0.2, 0.25) is 0 Å². The van der Waals surface area contributed by atoms with Gasteiger partial charge in [0.2, 0.25) is 5.91 Å². The molecule has 2 rings (SSSR count). The lowest BCUT2D eigenvalue weighted by atomic mass is 9.98. The number of nitrogens with two attached hydrogens (primary N) is 1. The molecular weight excluding hydrogens is 358 g/mol. The second-order valence-electron chi connectivity index (χ2n) is 5.18. The van der Waals surface area contributed by atoms with Gasteiger partial charge in [-0.25, -0.2) is 0 Å². The number of hydrogen-bond donors (Lipinski definition) is 5. The number of anilines is 1. The summed E-state index contributed by atoms with van der Waals surface area (Å²) in [5, 5.41) is 23.2. The van der Waals surface area contributed by atoms with Gasteiger partial charge < -0.3 is 21.9 Å². The van der Waals surface area contributed by atoms with Gasteiger partial charge in [-0.3, -0.25) is 4.79 Å². The summed E-state index contributed by atoms with van der Waals surface area (Å²) < 4.78 is 0. The average Bonchev–Trinajstić information content (AvgIpc) is 2.71. The standard InChI is InChI=1S/C17H17N3OS.C2H5N.CH3N/c1-2-16(21)20-14-8-7-13(9-15(14)22)17(19)12-5-3-11(10-18)4-6-12;1-2-3;1-2/h3-9,17,22H,2,19H2,1H3,(H,20,21);2-3H,1H3;2H,1H2. The second kappa shape index (κ2) is 13.3. The molecule has 6 nitrogen and oxygen atoms in total. The minimum absolute atomic E-state index is 0.0561. The zero-order valence-corrected chi connectivity index (χ0v) is 16.4. The van der Waals surface area contributed by atoms with Gasteiger partial charge in [0, 0.05) is 11.3 Å². The minimum atomic E-state index is -0.311. The number of hydrogen-bond acceptors (Lipinski definition) is 6. The van der Waals surface area contributed by atoms with E-state index in [1.807, 2.05) is 24.3 Å². The molecule has 5 N–H and O–H groups in total. The van der Waals surface area contributed by atoms with Crippen molar-refractivity contribution in [3.8, 4) is 6.07 Å². The molecule has 0 saturated heterocycles. The van der Waals surface area contributed by atoms with Crippen LogP contribution in [0.25, 0.3) is 0 Å². The molecule has 0 fully saturated rings. The predicted octanol–water partition coefficient (Wildman–Crippen LogP) is 4.17. The summed E-state index contributed by atoms with van der Waals surface area (Å²) in [5.41, 5.74) is 9.33. The fourth-order valence-corrected chi connectivity index (χ4v) is 2.32. The van der Waals surface area contributed by atoms with Gasteiger partial charge in [-0.15, -0.1) is 12.6 Å². The molecule has 0 radical (unpaired) electrons. The van der Waals surface area contributed by atoms with E-state index >= 15 is 0 Å². The van der Waals surface area contributed by atoms with E-state index in [0.717, 1.165) is 11.1 Å². The molecule has 0 saturated carbocycles. The third-order valence-corrected chi connectivity index (χ3v) is 3.75. The van der Waals surface area contributed by atoms with E-state index in [1.54, 1.807) is 32.0 Å². The first-order valence-electron chi connectivity index (χ1n) is 8.15. The second-order valence-corrected chi connectivity index (χ2v) is 5.66. The SMILES string of the molecule is C=N.CC=N.CCC(=O)Nc1ccc(C(N)c2ccc(C#N)cc2)cc1S. The Morgan fingerprint density at radius 3 is 2.26 bits per heavy atom. The van der Waals surface area contributed by atoms with Crippen LogP contribution in [0.4, 0.5) is 5.69 Å². The highest BCUT2D eigenvalue weighted by Crippen LogP contribution is 2.27. The number of benzene rings is 2. The van der Waals surface area contributed by atoms with Crippen molar-refractivity contribution >= 4 is 37.2 Å². The van der Waals surface area contributed by atoms with Crippen LogP contribution in [0.1, 0.15) is 43.0 Å². The third-order valence-electron chi connectivity index (χ3n) is 3.38. The highest BCUT2D eigenvalue weighted by atomic mass is 32.1. The molecule has 2 aromatic rings. The van der Waals surface area contributed by atoms with E-state index < -0.39 is 0 Å². The summed E-state index contributed by atoms with van der Waals surface area (Å²) in [6.45, 7) is 5.96. The molecule has 0 bridgehead atoms. The average molecular weight is 384 g/mol. The van der Waals surface area contributed by atoms with Gasteiger partial charge in [-0.1, -0.05) is 25.1 Å². The summed E-state index contributed by atoms with van der Waals surface area (Å²) in [7, 11) is 0. The van der Waals surface area contributed by atoms with Crippen molar-refractivity contribution in [2.75, 3.05) is 5.32 Å². The van der Waals surface area contributed by atoms with Gasteiger partial charge in [0.25, 0.3) is 0 Å². The molecule has 1 unspecified atom stereocenters. The maximum Gasteiger partial charge on any atom is 0.224 e. The number of nitrogens with one attached hydrogen (secondary N) is 3. The van der Waals surface area contributed by atoms with E-state index in [9.17, 15) is 4.79 Å². The predicted molar refractivity (Wildman–Crippen MR) is 114 cm³/mol. The van der Waals surface area contributed by atoms with Crippen LogP contribution in [0.15, 0.2) is 47.4 Å². The molecule has 0 aromatic heterocycles. The largest absolute Gasteiger partial charge is 0.325 e. The summed E-state index contributed by atoms with van der Waals surface area (Å²) in [6, 6.07) is 14.5. The Hall–Kier alpha value is -2.95. The van der Waals surface area contributed by atoms with Crippen LogP contribution >= 0.6 is 12.6 Å². The number of carbonyl (C=O) groups excluding carboxylic acids is 1. The lowest BCUT2D eigenvalue weighted by Gasteiger charge is -2.15. The van der Waals surface area contributed by atoms with Crippen LogP contribution in [0.3, 0.4) is 0 Å². The third kappa shape index (κ3) is 7.86. The Bertz CT molecular complexity index is 784. The minimum Gasteiger partial charge on any atom is -0.325 e. The molecule has 142 valence electrons. The summed E-state index contributed by atoms with van der Waals surface area (Å²) in [6.07, 6.45) is 1.67. The van der Waals surface area contributed by atoms with Crippen LogP contribution < -0.4 is 11.1 Å². The Balaban J connectivity index is 0.00000123. The monoisotopic (exact) mass is 383 g/mol. The van der Waals surface area contributed by atoms with Crippen molar-refractivity contribution in [2.24, 2.45) is 5.73 Å². The van der Waals surface area contributed by atoms with E-state index in [1.165, 1.54) is 6.21 Å². The van der Waals surface area contributed by atoms with E-state index in [-0.39, 0.29) is 11.9 Å².